The van der Waals surface area contributed by atoms with Crippen LogP contribution in [0.1, 0.15) is 33.1 Å². The Kier molecular flexibility index (Phi) is 4.54. The Labute approximate surface area is 90.2 Å². The first kappa shape index (κ1) is 12.5. The van der Waals surface area contributed by atoms with Gasteiger partial charge in [0.2, 0.25) is 0 Å². The number of aliphatic hydroxyl groups is 2. The van der Waals surface area contributed by atoms with Crippen LogP contribution < -0.4 is 0 Å². The van der Waals surface area contributed by atoms with Crippen molar-refractivity contribution in [1.82, 2.24) is 0 Å². The van der Waals surface area contributed by atoms with Gasteiger partial charge in [0.1, 0.15) is 0 Å². The molecule has 0 aliphatic heterocycles. The summed E-state index contributed by atoms with van der Waals surface area (Å²) in [7, 11) is 0. The minimum atomic E-state index is -0.568. The van der Waals surface area contributed by atoms with E-state index < -0.39 is 12.2 Å². The standard InChI is InChI=1S/C11H20O4/c1-3-15-10(14)6-8-4-5-9(13)11(8)7(2)12/h7-9,11-13H,3-6H2,1-2H3/t7-,8+,9-,11-/m0/s1. The van der Waals surface area contributed by atoms with Crippen LogP contribution in [-0.2, 0) is 9.53 Å². The molecule has 0 radical (unpaired) electrons. The molecule has 1 aliphatic carbocycles. The third-order valence-corrected chi connectivity index (χ3v) is 3.11. The first-order chi connectivity index (χ1) is 7.06. The molecule has 1 saturated carbocycles. The van der Waals surface area contributed by atoms with Crippen molar-refractivity contribution in [3.05, 3.63) is 0 Å². The summed E-state index contributed by atoms with van der Waals surface area (Å²) in [6.45, 7) is 3.82. The molecule has 0 spiro atoms. The highest BCUT2D eigenvalue weighted by molar-refractivity contribution is 5.69. The number of hydrogen-bond donors (Lipinski definition) is 2. The van der Waals surface area contributed by atoms with Gasteiger partial charge in [-0.25, -0.2) is 0 Å². The van der Waals surface area contributed by atoms with Crippen molar-refractivity contribution < 1.29 is 19.7 Å². The molecular formula is C11H20O4. The largest absolute Gasteiger partial charge is 0.466 e. The molecule has 4 atom stereocenters. The van der Waals surface area contributed by atoms with E-state index in [0.29, 0.717) is 19.4 Å². The average Bonchev–Trinajstić information content (AvgIpc) is 2.47. The second kappa shape index (κ2) is 5.47. The molecule has 0 heterocycles. The van der Waals surface area contributed by atoms with Gasteiger partial charge in [0.05, 0.1) is 18.8 Å². The van der Waals surface area contributed by atoms with Crippen molar-refractivity contribution >= 4 is 5.97 Å². The highest BCUT2D eigenvalue weighted by Crippen LogP contribution is 2.36. The second-order valence-electron chi connectivity index (χ2n) is 4.23. The van der Waals surface area contributed by atoms with Crippen molar-refractivity contribution in [2.45, 2.75) is 45.3 Å². The van der Waals surface area contributed by atoms with Crippen molar-refractivity contribution in [2.24, 2.45) is 11.8 Å². The zero-order valence-electron chi connectivity index (χ0n) is 9.35. The van der Waals surface area contributed by atoms with Crippen molar-refractivity contribution in [2.75, 3.05) is 6.61 Å². The number of carbonyl (C=O) groups excluding carboxylic acids is 1. The van der Waals surface area contributed by atoms with Crippen LogP contribution in [0.3, 0.4) is 0 Å². The van der Waals surface area contributed by atoms with Gasteiger partial charge in [0, 0.05) is 12.3 Å². The van der Waals surface area contributed by atoms with E-state index in [1.807, 2.05) is 0 Å². The maximum Gasteiger partial charge on any atom is 0.306 e. The molecule has 1 aliphatic rings. The fourth-order valence-corrected chi connectivity index (χ4v) is 2.47. The van der Waals surface area contributed by atoms with Crippen LogP contribution in [0.25, 0.3) is 0 Å². The van der Waals surface area contributed by atoms with Crippen LogP contribution in [-0.4, -0.2) is 35.0 Å². The first-order valence-corrected chi connectivity index (χ1v) is 5.58. The summed E-state index contributed by atoms with van der Waals surface area (Å²) in [4.78, 5) is 11.3. The predicted octanol–water partition coefficient (Wildman–Crippen LogP) is 0.707. The van der Waals surface area contributed by atoms with Crippen LogP contribution >= 0.6 is 0 Å². The van der Waals surface area contributed by atoms with Crippen molar-refractivity contribution in [1.29, 1.82) is 0 Å². The summed E-state index contributed by atoms with van der Waals surface area (Å²) < 4.78 is 4.86. The van der Waals surface area contributed by atoms with Crippen LogP contribution in [0, 0.1) is 11.8 Å². The van der Waals surface area contributed by atoms with Crippen LogP contribution in [0.4, 0.5) is 0 Å². The molecule has 2 N–H and O–H groups in total. The molecule has 1 fully saturated rings. The smallest absolute Gasteiger partial charge is 0.306 e. The molecule has 0 aromatic rings. The van der Waals surface area contributed by atoms with Crippen molar-refractivity contribution in [3.8, 4) is 0 Å². The molecule has 0 saturated heterocycles. The maximum absolute atomic E-state index is 11.3. The fourth-order valence-electron chi connectivity index (χ4n) is 2.47. The lowest BCUT2D eigenvalue weighted by molar-refractivity contribution is -0.145. The van der Waals surface area contributed by atoms with E-state index in [4.69, 9.17) is 4.74 Å². The molecule has 1 rings (SSSR count). The van der Waals surface area contributed by atoms with E-state index in [9.17, 15) is 15.0 Å². The third kappa shape index (κ3) is 3.18. The normalized spacial score (nSPS) is 32.7. The number of esters is 1. The van der Waals surface area contributed by atoms with Gasteiger partial charge in [-0.3, -0.25) is 4.79 Å². The molecule has 0 bridgehead atoms. The Morgan fingerprint density at radius 1 is 1.53 bits per heavy atom. The monoisotopic (exact) mass is 216 g/mol. The molecule has 0 unspecified atom stereocenters. The zero-order valence-corrected chi connectivity index (χ0v) is 9.35. The lowest BCUT2D eigenvalue weighted by atomic mass is 9.88. The summed E-state index contributed by atoms with van der Waals surface area (Å²) in [5.41, 5.74) is 0. The molecule has 0 aromatic carbocycles. The average molecular weight is 216 g/mol. The third-order valence-electron chi connectivity index (χ3n) is 3.11. The van der Waals surface area contributed by atoms with Gasteiger partial charge in [-0.2, -0.15) is 0 Å². The number of hydrogen-bond acceptors (Lipinski definition) is 4. The van der Waals surface area contributed by atoms with E-state index in [1.165, 1.54) is 0 Å². The summed E-state index contributed by atoms with van der Waals surface area (Å²) in [6.07, 6.45) is 0.710. The van der Waals surface area contributed by atoms with E-state index in [1.54, 1.807) is 13.8 Å². The van der Waals surface area contributed by atoms with Gasteiger partial charge >= 0.3 is 5.97 Å². The Balaban J connectivity index is 2.50. The lowest BCUT2D eigenvalue weighted by Gasteiger charge is -2.24. The summed E-state index contributed by atoms with van der Waals surface area (Å²) in [6, 6.07) is 0. The predicted molar refractivity (Wildman–Crippen MR) is 55.2 cm³/mol. The van der Waals surface area contributed by atoms with E-state index in [0.717, 1.165) is 6.42 Å². The number of rotatable bonds is 4. The van der Waals surface area contributed by atoms with Crippen LogP contribution in [0.5, 0.6) is 0 Å². The Hall–Kier alpha value is -0.610. The molecular weight excluding hydrogens is 196 g/mol. The van der Waals surface area contributed by atoms with E-state index in [2.05, 4.69) is 0 Å². The second-order valence-corrected chi connectivity index (χ2v) is 4.23. The highest BCUT2D eigenvalue weighted by atomic mass is 16.5. The topological polar surface area (TPSA) is 66.8 Å². The van der Waals surface area contributed by atoms with Gasteiger partial charge < -0.3 is 14.9 Å². The maximum atomic E-state index is 11.3. The quantitative estimate of drug-likeness (QED) is 0.679. The van der Waals surface area contributed by atoms with Gasteiger partial charge in [0.15, 0.2) is 0 Å². The van der Waals surface area contributed by atoms with Crippen LogP contribution in [0.2, 0.25) is 0 Å². The van der Waals surface area contributed by atoms with Gasteiger partial charge in [-0.05, 0) is 32.6 Å². The van der Waals surface area contributed by atoms with E-state index in [-0.39, 0.29) is 17.8 Å². The minimum Gasteiger partial charge on any atom is -0.466 e. The highest BCUT2D eigenvalue weighted by Gasteiger charge is 2.39. The van der Waals surface area contributed by atoms with Gasteiger partial charge in [0.25, 0.3) is 0 Å². The minimum absolute atomic E-state index is 0.0547. The SMILES string of the molecule is CCOC(=O)C[C@H]1CC[C@H](O)[C@H]1[C@H](C)O. The summed E-state index contributed by atoms with van der Waals surface area (Å²) in [5, 5.41) is 19.2. The Morgan fingerprint density at radius 3 is 2.73 bits per heavy atom. The molecule has 0 aromatic heterocycles. The molecule has 4 heteroatoms. The van der Waals surface area contributed by atoms with Gasteiger partial charge in [-0.15, -0.1) is 0 Å². The summed E-state index contributed by atoms with van der Waals surface area (Å²) >= 11 is 0. The number of ether oxygens (including phenoxy) is 1. The molecule has 4 nitrogen and oxygen atoms in total. The Morgan fingerprint density at radius 2 is 2.20 bits per heavy atom. The molecule has 0 amide bonds. The number of carbonyl (C=O) groups is 1. The zero-order chi connectivity index (χ0) is 11.4. The number of aliphatic hydroxyl groups excluding tert-OH is 2. The Bertz CT molecular complexity index is 215. The fraction of sp³-hybridized carbons (Fsp3) is 0.909. The van der Waals surface area contributed by atoms with Crippen molar-refractivity contribution in [3.63, 3.8) is 0 Å². The first-order valence-electron chi connectivity index (χ1n) is 5.58. The van der Waals surface area contributed by atoms with Gasteiger partial charge in [-0.1, -0.05) is 0 Å². The lowest BCUT2D eigenvalue weighted by Crippen LogP contribution is -2.31. The van der Waals surface area contributed by atoms with Crippen LogP contribution in [0.15, 0.2) is 0 Å². The van der Waals surface area contributed by atoms with E-state index >= 15 is 0 Å². The molecule has 88 valence electrons. The molecule has 15 heavy (non-hydrogen) atoms. The summed E-state index contributed by atoms with van der Waals surface area (Å²) in [5.74, 6) is -0.365.